The van der Waals surface area contributed by atoms with Gasteiger partial charge in [0.05, 0.1) is 17.6 Å². The van der Waals surface area contributed by atoms with Crippen molar-refractivity contribution in [2.75, 3.05) is 0 Å². The monoisotopic (exact) mass is 241 g/mol. The molecule has 1 aromatic carbocycles. The average molecular weight is 241 g/mol. The van der Waals surface area contributed by atoms with Gasteiger partial charge in [-0.1, -0.05) is 12.1 Å². The minimum absolute atomic E-state index is 0.748. The number of fused-ring (bicyclic) bond motifs is 1. The molecule has 3 heteroatoms. The Kier molecular flexibility index (Phi) is 2.40. The Bertz CT molecular complexity index is 507. The molecule has 4 rings (SSSR count). The summed E-state index contributed by atoms with van der Waals surface area (Å²) in [6, 6.07) is 8.99. The quantitative estimate of drug-likeness (QED) is 0.845. The molecule has 2 fully saturated rings. The molecule has 1 aromatic heterocycles. The predicted octanol–water partition coefficient (Wildman–Crippen LogP) is 2.84. The summed E-state index contributed by atoms with van der Waals surface area (Å²) >= 11 is 0. The van der Waals surface area contributed by atoms with Gasteiger partial charge in [-0.3, -0.25) is 0 Å². The van der Waals surface area contributed by atoms with Crippen molar-refractivity contribution in [2.24, 2.45) is 11.8 Å². The second-order valence-corrected chi connectivity index (χ2v) is 5.78. The van der Waals surface area contributed by atoms with Crippen molar-refractivity contribution in [1.29, 1.82) is 0 Å². The van der Waals surface area contributed by atoms with Gasteiger partial charge in [-0.2, -0.15) is 0 Å². The normalized spacial score (nSPS) is 19.8. The zero-order valence-corrected chi connectivity index (χ0v) is 10.5. The minimum Gasteiger partial charge on any atom is -0.341 e. The Balaban J connectivity index is 1.46. The van der Waals surface area contributed by atoms with Crippen molar-refractivity contribution in [3.05, 3.63) is 30.1 Å². The Morgan fingerprint density at radius 3 is 2.56 bits per heavy atom. The summed E-state index contributed by atoms with van der Waals surface area (Å²) in [6.07, 6.45) is 5.70. The summed E-state index contributed by atoms with van der Waals surface area (Å²) in [5.41, 5.74) is 2.22. The lowest BCUT2D eigenvalue weighted by molar-refractivity contribution is 0.411. The number of nitrogens with zero attached hydrogens (tertiary/aromatic N) is 1. The molecule has 2 aromatic rings. The minimum atomic E-state index is 0.748. The van der Waals surface area contributed by atoms with Crippen LogP contribution in [0.2, 0.25) is 0 Å². The fourth-order valence-corrected chi connectivity index (χ4v) is 2.93. The fraction of sp³-hybridized carbons (Fsp3) is 0.533. The standard InChI is InChI=1S/C15H19N3/c1-2-4-13-12(3-1)17-14(18-13)9-16-15(10-5-6-10)11-7-8-11/h1-4,10-11,15-16H,5-9H2,(H,17,18). The smallest absolute Gasteiger partial charge is 0.121 e. The van der Waals surface area contributed by atoms with Gasteiger partial charge in [0.2, 0.25) is 0 Å². The van der Waals surface area contributed by atoms with Gasteiger partial charge in [-0.25, -0.2) is 4.98 Å². The summed E-state index contributed by atoms with van der Waals surface area (Å²) in [5, 5.41) is 3.73. The molecule has 0 unspecified atom stereocenters. The summed E-state index contributed by atoms with van der Waals surface area (Å²) in [6.45, 7) is 0.881. The third kappa shape index (κ3) is 2.03. The van der Waals surface area contributed by atoms with E-state index in [9.17, 15) is 0 Å². The Labute approximate surface area is 107 Å². The maximum Gasteiger partial charge on any atom is 0.121 e. The van der Waals surface area contributed by atoms with Gasteiger partial charge >= 0.3 is 0 Å². The molecule has 0 amide bonds. The van der Waals surface area contributed by atoms with Crippen LogP contribution in [0.25, 0.3) is 11.0 Å². The van der Waals surface area contributed by atoms with Gasteiger partial charge in [-0.15, -0.1) is 0 Å². The van der Waals surface area contributed by atoms with Crippen molar-refractivity contribution >= 4 is 11.0 Å². The van der Waals surface area contributed by atoms with Gasteiger partial charge in [-0.05, 0) is 49.7 Å². The molecular weight excluding hydrogens is 222 g/mol. The van der Waals surface area contributed by atoms with E-state index in [2.05, 4.69) is 33.5 Å². The average Bonchev–Trinajstić information content (AvgIpc) is 3.28. The number of aromatic nitrogens is 2. The van der Waals surface area contributed by atoms with Crippen LogP contribution in [-0.4, -0.2) is 16.0 Å². The van der Waals surface area contributed by atoms with Gasteiger partial charge in [0.1, 0.15) is 5.82 Å². The summed E-state index contributed by atoms with van der Waals surface area (Å²) < 4.78 is 0. The number of imidazole rings is 1. The largest absolute Gasteiger partial charge is 0.341 e. The van der Waals surface area contributed by atoms with E-state index in [1.54, 1.807) is 0 Å². The molecular formula is C15H19N3. The van der Waals surface area contributed by atoms with E-state index in [0.717, 1.165) is 41.3 Å². The molecule has 18 heavy (non-hydrogen) atoms. The second kappa shape index (κ2) is 4.09. The van der Waals surface area contributed by atoms with Crippen molar-refractivity contribution < 1.29 is 0 Å². The maximum absolute atomic E-state index is 4.63. The Hall–Kier alpha value is -1.35. The lowest BCUT2D eigenvalue weighted by Gasteiger charge is -2.16. The molecule has 2 aliphatic carbocycles. The number of nitrogens with one attached hydrogen (secondary N) is 2. The molecule has 1 heterocycles. The summed E-state index contributed by atoms with van der Waals surface area (Å²) in [4.78, 5) is 8.02. The van der Waals surface area contributed by atoms with Gasteiger partial charge in [0.15, 0.2) is 0 Å². The third-order valence-corrected chi connectivity index (χ3v) is 4.20. The first-order valence-electron chi connectivity index (χ1n) is 7.07. The first-order chi connectivity index (χ1) is 8.90. The van der Waals surface area contributed by atoms with Crippen LogP contribution in [0.3, 0.4) is 0 Å². The molecule has 0 atom stereocenters. The molecule has 0 bridgehead atoms. The van der Waals surface area contributed by atoms with Gasteiger partial charge in [0, 0.05) is 6.04 Å². The zero-order chi connectivity index (χ0) is 11.9. The number of hydrogen-bond donors (Lipinski definition) is 2. The van der Waals surface area contributed by atoms with Crippen molar-refractivity contribution in [2.45, 2.75) is 38.3 Å². The van der Waals surface area contributed by atoms with Crippen molar-refractivity contribution in [3.8, 4) is 0 Å². The first-order valence-corrected chi connectivity index (χ1v) is 7.07. The zero-order valence-electron chi connectivity index (χ0n) is 10.5. The van der Waals surface area contributed by atoms with E-state index in [1.807, 2.05) is 6.07 Å². The van der Waals surface area contributed by atoms with Gasteiger partial charge in [0.25, 0.3) is 0 Å². The highest BCUT2D eigenvalue weighted by Gasteiger charge is 2.41. The van der Waals surface area contributed by atoms with Crippen LogP contribution < -0.4 is 5.32 Å². The molecule has 0 spiro atoms. The highest BCUT2D eigenvalue weighted by Crippen LogP contribution is 2.44. The van der Waals surface area contributed by atoms with E-state index in [4.69, 9.17) is 0 Å². The molecule has 2 saturated carbocycles. The number of aromatic amines is 1. The Morgan fingerprint density at radius 2 is 1.89 bits per heavy atom. The van der Waals surface area contributed by atoms with Crippen molar-refractivity contribution in [3.63, 3.8) is 0 Å². The van der Waals surface area contributed by atoms with Crippen LogP contribution in [0.15, 0.2) is 24.3 Å². The summed E-state index contributed by atoms with van der Waals surface area (Å²) in [7, 11) is 0. The number of hydrogen-bond acceptors (Lipinski definition) is 2. The van der Waals surface area contributed by atoms with E-state index < -0.39 is 0 Å². The lowest BCUT2D eigenvalue weighted by atomic mass is 10.1. The fourth-order valence-electron chi connectivity index (χ4n) is 2.93. The van der Waals surface area contributed by atoms with Gasteiger partial charge < -0.3 is 10.3 Å². The highest BCUT2D eigenvalue weighted by molar-refractivity contribution is 5.74. The van der Waals surface area contributed by atoms with Crippen LogP contribution in [0.1, 0.15) is 31.5 Å². The first kappa shape index (κ1) is 10.6. The van der Waals surface area contributed by atoms with Crippen LogP contribution in [0.5, 0.6) is 0 Å². The van der Waals surface area contributed by atoms with Crippen LogP contribution in [0.4, 0.5) is 0 Å². The Morgan fingerprint density at radius 1 is 1.17 bits per heavy atom. The highest BCUT2D eigenvalue weighted by atomic mass is 15.0. The molecule has 2 aliphatic rings. The predicted molar refractivity (Wildman–Crippen MR) is 72.2 cm³/mol. The summed E-state index contributed by atoms with van der Waals surface area (Å²) in [5.74, 6) is 2.96. The molecule has 0 saturated heterocycles. The second-order valence-electron chi connectivity index (χ2n) is 5.78. The molecule has 0 radical (unpaired) electrons. The topological polar surface area (TPSA) is 40.7 Å². The molecule has 3 nitrogen and oxygen atoms in total. The van der Waals surface area contributed by atoms with Crippen LogP contribution in [-0.2, 0) is 6.54 Å². The molecule has 2 N–H and O–H groups in total. The van der Waals surface area contributed by atoms with E-state index in [1.165, 1.54) is 25.7 Å². The number of H-pyrrole nitrogens is 1. The maximum atomic E-state index is 4.63. The third-order valence-electron chi connectivity index (χ3n) is 4.20. The lowest BCUT2D eigenvalue weighted by Crippen LogP contribution is -2.32. The SMILES string of the molecule is c1ccc2[nH]c(CNC(C3CC3)C3CC3)nc2c1. The van der Waals surface area contributed by atoms with Crippen molar-refractivity contribution in [1.82, 2.24) is 15.3 Å². The van der Waals surface area contributed by atoms with Crippen LogP contribution in [0, 0.1) is 11.8 Å². The van der Waals surface area contributed by atoms with E-state index in [0.29, 0.717) is 0 Å². The molecule has 94 valence electrons. The number of rotatable bonds is 5. The number of para-hydroxylation sites is 2. The number of benzene rings is 1. The molecule has 0 aliphatic heterocycles. The van der Waals surface area contributed by atoms with Crippen LogP contribution >= 0.6 is 0 Å². The van der Waals surface area contributed by atoms with E-state index in [-0.39, 0.29) is 0 Å². The van der Waals surface area contributed by atoms with E-state index >= 15 is 0 Å².